The molecule has 5 heteroatoms. The number of anilines is 1. The molecule has 15 heavy (non-hydrogen) atoms. The van der Waals surface area contributed by atoms with Crippen LogP contribution in [0.1, 0.15) is 0 Å². The minimum Gasteiger partial charge on any atom is -0.497 e. The van der Waals surface area contributed by atoms with Crippen molar-refractivity contribution in [1.29, 1.82) is 0 Å². The van der Waals surface area contributed by atoms with Gasteiger partial charge < -0.3 is 20.6 Å². The number of H-pyrrole nitrogens is 1. The number of benzene rings is 1. The average molecular weight is 205 g/mol. The highest BCUT2D eigenvalue weighted by atomic mass is 16.5. The van der Waals surface area contributed by atoms with E-state index < -0.39 is 0 Å². The summed E-state index contributed by atoms with van der Waals surface area (Å²) in [7, 11) is 1.58. The number of hydrogen-bond acceptors (Lipinski definition) is 4. The zero-order chi connectivity index (χ0) is 10.8. The Hall–Kier alpha value is -2.17. The summed E-state index contributed by atoms with van der Waals surface area (Å²) in [5.74, 6) is 1.24. The maximum Gasteiger partial charge on any atom is 0.208 e. The van der Waals surface area contributed by atoms with E-state index in [0.717, 1.165) is 5.56 Å². The molecule has 0 aliphatic heterocycles. The van der Waals surface area contributed by atoms with E-state index in [0.29, 0.717) is 17.3 Å². The molecule has 0 aliphatic carbocycles. The second-order valence-corrected chi connectivity index (χ2v) is 3.07. The van der Waals surface area contributed by atoms with Gasteiger partial charge in [-0.05, 0) is 12.1 Å². The predicted molar refractivity (Wildman–Crippen MR) is 56.7 cm³/mol. The Kier molecular flexibility index (Phi) is 2.21. The van der Waals surface area contributed by atoms with Gasteiger partial charge in [0.15, 0.2) is 0 Å². The fraction of sp³-hybridized carbons (Fsp3) is 0.100. The Morgan fingerprint density at radius 2 is 2.27 bits per heavy atom. The molecule has 1 aromatic heterocycles. The molecule has 0 aliphatic rings. The van der Waals surface area contributed by atoms with Crippen molar-refractivity contribution in [1.82, 2.24) is 9.97 Å². The van der Waals surface area contributed by atoms with Crippen LogP contribution in [0.25, 0.3) is 11.4 Å². The summed E-state index contributed by atoms with van der Waals surface area (Å²) in [5, 5.41) is 9.12. The Bertz CT molecular complexity index is 479. The van der Waals surface area contributed by atoms with E-state index in [1.54, 1.807) is 25.3 Å². The third kappa shape index (κ3) is 1.71. The second kappa shape index (κ2) is 3.53. The van der Waals surface area contributed by atoms with E-state index in [1.807, 2.05) is 0 Å². The largest absolute Gasteiger partial charge is 0.497 e. The highest BCUT2D eigenvalue weighted by Crippen LogP contribution is 2.27. The number of aromatic nitrogens is 2. The molecule has 5 nitrogen and oxygen atoms in total. The van der Waals surface area contributed by atoms with E-state index in [4.69, 9.17) is 15.6 Å². The standard InChI is InChI=1S/C10H11N3O2/c1-15-6-2-3-7(8(11)4-6)10-12-5-9(14)13-10/h2-5,14H,11H2,1H3,(H,12,13). The Balaban J connectivity index is 2.45. The lowest BCUT2D eigenvalue weighted by Crippen LogP contribution is -1.93. The van der Waals surface area contributed by atoms with Gasteiger partial charge in [-0.3, -0.25) is 0 Å². The number of methoxy groups -OCH3 is 1. The highest BCUT2D eigenvalue weighted by molar-refractivity contribution is 5.73. The van der Waals surface area contributed by atoms with Crippen LogP contribution in [-0.2, 0) is 0 Å². The van der Waals surface area contributed by atoms with Gasteiger partial charge in [0, 0.05) is 17.3 Å². The van der Waals surface area contributed by atoms with Gasteiger partial charge in [-0.15, -0.1) is 0 Å². The predicted octanol–water partition coefficient (Wildman–Crippen LogP) is 1.37. The molecule has 0 fully saturated rings. The number of ether oxygens (including phenoxy) is 1. The normalized spacial score (nSPS) is 10.2. The summed E-state index contributed by atoms with van der Waals surface area (Å²) >= 11 is 0. The van der Waals surface area contributed by atoms with Gasteiger partial charge in [0.2, 0.25) is 5.88 Å². The zero-order valence-electron chi connectivity index (χ0n) is 8.19. The van der Waals surface area contributed by atoms with Crippen LogP contribution >= 0.6 is 0 Å². The van der Waals surface area contributed by atoms with E-state index in [2.05, 4.69) is 9.97 Å². The molecule has 0 spiro atoms. The van der Waals surface area contributed by atoms with Crippen molar-refractivity contribution in [3.05, 3.63) is 24.4 Å². The number of aromatic amines is 1. The van der Waals surface area contributed by atoms with Crippen LogP contribution in [-0.4, -0.2) is 22.2 Å². The van der Waals surface area contributed by atoms with Gasteiger partial charge >= 0.3 is 0 Å². The second-order valence-electron chi connectivity index (χ2n) is 3.07. The monoisotopic (exact) mass is 205 g/mol. The zero-order valence-corrected chi connectivity index (χ0v) is 8.19. The van der Waals surface area contributed by atoms with Crippen LogP contribution in [0.4, 0.5) is 5.69 Å². The van der Waals surface area contributed by atoms with E-state index in [-0.39, 0.29) is 5.88 Å². The summed E-state index contributed by atoms with van der Waals surface area (Å²) in [6.45, 7) is 0. The first-order valence-electron chi connectivity index (χ1n) is 4.38. The van der Waals surface area contributed by atoms with Crippen LogP contribution in [0.2, 0.25) is 0 Å². The third-order valence-corrected chi connectivity index (χ3v) is 2.08. The molecule has 0 bridgehead atoms. The number of nitrogens with two attached hydrogens (primary N) is 1. The van der Waals surface area contributed by atoms with Crippen LogP contribution in [0.15, 0.2) is 24.4 Å². The summed E-state index contributed by atoms with van der Waals surface area (Å²) in [6, 6.07) is 5.27. The molecule has 1 aromatic carbocycles. The molecule has 0 atom stereocenters. The number of aromatic hydroxyl groups is 1. The summed E-state index contributed by atoms with van der Waals surface area (Å²) < 4.78 is 5.03. The van der Waals surface area contributed by atoms with Gasteiger partial charge in [0.05, 0.1) is 13.3 Å². The lowest BCUT2D eigenvalue weighted by atomic mass is 10.1. The SMILES string of the molecule is COc1ccc(-c2ncc(O)[nH]2)c(N)c1. The molecule has 0 saturated heterocycles. The maximum absolute atomic E-state index is 9.12. The topological polar surface area (TPSA) is 84.2 Å². The van der Waals surface area contributed by atoms with Crippen molar-refractivity contribution in [3.8, 4) is 23.0 Å². The summed E-state index contributed by atoms with van der Waals surface area (Å²) in [5.41, 5.74) is 7.09. The summed E-state index contributed by atoms with van der Waals surface area (Å²) in [4.78, 5) is 6.67. The summed E-state index contributed by atoms with van der Waals surface area (Å²) in [6.07, 6.45) is 1.33. The van der Waals surface area contributed by atoms with E-state index in [9.17, 15) is 0 Å². The Morgan fingerprint density at radius 1 is 1.47 bits per heavy atom. The fourth-order valence-electron chi connectivity index (χ4n) is 1.33. The van der Waals surface area contributed by atoms with Gasteiger partial charge in [0.25, 0.3) is 0 Å². The molecular weight excluding hydrogens is 194 g/mol. The number of nitrogens with one attached hydrogen (secondary N) is 1. The highest BCUT2D eigenvalue weighted by Gasteiger charge is 2.07. The third-order valence-electron chi connectivity index (χ3n) is 2.08. The van der Waals surface area contributed by atoms with Gasteiger partial charge in [-0.25, -0.2) is 4.98 Å². The van der Waals surface area contributed by atoms with Crippen molar-refractivity contribution in [2.24, 2.45) is 0 Å². The van der Waals surface area contributed by atoms with E-state index >= 15 is 0 Å². The average Bonchev–Trinajstić information content (AvgIpc) is 2.64. The lowest BCUT2D eigenvalue weighted by Gasteiger charge is -2.05. The van der Waals surface area contributed by atoms with E-state index in [1.165, 1.54) is 6.20 Å². The Labute approximate surface area is 86.5 Å². The first-order valence-corrected chi connectivity index (χ1v) is 4.38. The van der Waals surface area contributed by atoms with Crippen molar-refractivity contribution >= 4 is 5.69 Å². The van der Waals surface area contributed by atoms with Crippen LogP contribution in [0.3, 0.4) is 0 Å². The minimum atomic E-state index is 0.0141. The number of nitrogen functional groups attached to an aromatic ring is 1. The fourth-order valence-corrected chi connectivity index (χ4v) is 1.33. The van der Waals surface area contributed by atoms with Crippen LogP contribution < -0.4 is 10.5 Å². The van der Waals surface area contributed by atoms with Crippen molar-refractivity contribution in [3.63, 3.8) is 0 Å². The Morgan fingerprint density at radius 3 is 2.80 bits per heavy atom. The van der Waals surface area contributed by atoms with Crippen molar-refractivity contribution < 1.29 is 9.84 Å². The van der Waals surface area contributed by atoms with Gasteiger partial charge in [-0.1, -0.05) is 0 Å². The number of imidazole rings is 1. The molecule has 0 amide bonds. The maximum atomic E-state index is 9.12. The van der Waals surface area contributed by atoms with Crippen molar-refractivity contribution in [2.45, 2.75) is 0 Å². The first kappa shape index (κ1) is 9.39. The molecule has 2 rings (SSSR count). The minimum absolute atomic E-state index is 0.0141. The van der Waals surface area contributed by atoms with Crippen LogP contribution in [0.5, 0.6) is 11.6 Å². The van der Waals surface area contributed by atoms with Gasteiger partial charge in [-0.2, -0.15) is 0 Å². The molecule has 0 radical (unpaired) electrons. The van der Waals surface area contributed by atoms with Crippen molar-refractivity contribution in [2.75, 3.05) is 12.8 Å². The quantitative estimate of drug-likeness (QED) is 0.646. The molecule has 2 aromatic rings. The first-order chi connectivity index (χ1) is 7.20. The number of hydrogen-bond donors (Lipinski definition) is 3. The number of rotatable bonds is 2. The lowest BCUT2D eigenvalue weighted by molar-refractivity contribution is 0.415. The molecule has 1 heterocycles. The molecule has 4 N–H and O–H groups in total. The van der Waals surface area contributed by atoms with Gasteiger partial charge in [0.1, 0.15) is 11.6 Å². The molecular formula is C10H11N3O2. The molecule has 78 valence electrons. The number of nitrogens with zero attached hydrogens (tertiary/aromatic N) is 1. The molecule has 0 unspecified atom stereocenters. The molecule has 0 saturated carbocycles. The smallest absolute Gasteiger partial charge is 0.208 e. The van der Waals surface area contributed by atoms with Crippen LogP contribution in [0, 0.1) is 0 Å².